The third-order valence-electron chi connectivity index (χ3n) is 5.73. The Morgan fingerprint density at radius 2 is 1.75 bits per heavy atom. The van der Waals surface area contributed by atoms with Gasteiger partial charge in [-0.3, -0.25) is 4.79 Å². The number of halogens is 1. The highest BCUT2D eigenvalue weighted by molar-refractivity contribution is 6.30. The third-order valence-corrected chi connectivity index (χ3v) is 5.96. The van der Waals surface area contributed by atoms with Gasteiger partial charge in [-0.25, -0.2) is 0 Å². The number of phenols is 1. The van der Waals surface area contributed by atoms with E-state index in [4.69, 9.17) is 11.6 Å². The lowest BCUT2D eigenvalue weighted by atomic mass is 9.73. The van der Waals surface area contributed by atoms with Crippen LogP contribution in [0.4, 0.5) is 11.4 Å². The van der Waals surface area contributed by atoms with Crippen molar-refractivity contribution in [3.05, 3.63) is 63.3 Å². The van der Waals surface area contributed by atoms with Crippen LogP contribution in [-0.2, 0) is 4.79 Å². The summed E-state index contributed by atoms with van der Waals surface area (Å²) in [6.07, 6.45) is 1.24. The maximum atomic E-state index is 13.2. The number of Topliss-reactive ketones (excluding diaryl/α,β-unsaturated/α-hetero) is 1. The molecule has 2 aromatic carbocycles. The summed E-state index contributed by atoms with van der Waals surface area (Å²) in [5.74, 6) is 0.218. The zero-order valence-electron chi connectivity index (χ0n) is 16.6. The van der Waals surface area contributed by atoms with Gasteiger partial charge in [-0.15, -0.1) is 0 Å². The van der Waals surface area contributed by atoms with Gasteiger partial charge in [-0.2, -0.15) is 0 Å². The molecule has 0 saturated heterocycles. The summed E-state index contributed by atoms with van der Waals surface area (Å²) < 4.78 is 0. The minimum absolute atomic E-state index is 0.0943. The van der Waals surface area contributed by atoms with Gasteiger partial charge in [0.1, 0.15) is 5.75 Å². The topological polar surface area (TPSA) is 61.4 Å². The second kappa shape index (κ2) is 6.56. The van der Waals surface area contributed by atoms with E-state index in [2.05, 4.69) is 50.5 Å². The number of phenolic OH excluding ortho intramolecular Hbond substituents is 1. The lowest BCUT2D eigenvalue weighted by Crippen LogP contribution is -2.31. The zero-order valence-corrected chi connectivity index (χ0v) is 17.4. The second-order valence-electron chi connectivity index (χ2n) is 8.72. The third kappa shape index (κ3) is 3.26. The number of nitrogens with one attached hydrogen (secondary N) is 2. The van der Waals surface area contributed by atoms with E-state index in [1.54, 1.807) is 18.2 Å². The fourth-order valence-electron chi connectivity index (χ4n) is 4.20. The van der Waals surface area contributed by atoms with Crippen molar-refractivity contribution in [2.75, 3.05) is 10.6 Å². The van der Waals surface area contributed by atoms with Crippen molar-refractivity contribution in [3.63, 3.8) is 0 Å². The van der Waals surface area contributed by atoms with Crippen LogP contribution in [0.1, 0.15) is 49.4 Å². The molecule has 1 aliphatic heterocycles. The molecule has 28 heavy (non-hydrogen) atoms. The number of hydrogen-bond acceptors (Lipinski definition) is 4. The minimum Gasteiger partial charge on any atom is -0.508 e. The van der Waals surface area contributed by atoms with Crippen LogP contribution in [-0.4, -0.2) is 10.9 Å². The molecule has 0 fully saturated rings. The molecule has 5 heteroatoms. The normalized spacial score (nSPS) is 20.6. The fraction of sp³-hybridized carbons (Fsp3) is 0.348. The Kier molecular flexibility index (Phi) is 4.42. The van der Waals surface area contributed by atoms with E-state index in [-0.39, 0.29) is 16.9 Å². The molecule has 3 N–H and O–H groups in total. The second-order valence-corrected chi connectivity index (χ2v) is 9.16. The Bertz CT molecular complexity index is 1020. The summed E-state index contributed by atoms with van der Waals surface area (Å²) in [7, 11) is 0. The molecule has 0 radical (unpaired) electrons. The first kappa shape index (κ1) is 18.9. The first-order valence-corrected chi connectivity index (χ1v) is 9.92. The number of benzene rings is 2. The van der Waals surface area contributed by atoms with E-state index in [9.17, 15) is 9.90 Å². The number of aryl methyl sites for hydroxylation is 2. The van der Waals surface area contributed by atoms with Crippen molar-refractivity contribution in [2.24, 2.45) is 5.41 Å². The van der Waals surface area contributed by atoms with Gasteiger partial charge in [0.25, 0.3) is 0 Å². The summed E-state index contributed by atoms with van der Waals surface area (Å²) in [4.78, 5) is 13.2. The molecule has 0 unspecified atom stereocenters. The molecule has 0 spiro atoms. The highest BCUT2D eigenvalue weighted by Crippen LogP contribution is 2.47. The molecular formula is C23H25ClN2O2. The number of anilines is 2. The Hall–Kier alpha value is -2.46. The highest BCUT2D eigenvalue weighted by atomic mass is 35.5. The zero-order chi connectivity index (χ0) is 20.2. The molecule has 0 aromatic heterocycles. The van der Waals surface area contributed by atoms with Crippen LogP contribution in [0.5, 0.6) is 5.75 Å². The van der Waals surface area contributed by atoms with Gasteiger partial charge >= 0.3 is 0 Å². The number of aromatic hydroxyl groups is 1. The standard InChI is InChI=1S/C23H25ClN2O2/c1-12-7-16-17(8-13(12)2)26-22(15-9-14(24)5-6-19(15)27)21-18(25-16)10-23(3,4)11-20(21)28/h5-9,22,25-27H,10-11H2,1-4H3/t22-/m1/s1. The Balaban J connectivity index is 1.95. The molecule has 4 nitrogen and oxygen atoms in total. The molecule has 0 bridgehead atoms. The van der Waals surface area contributed by atoms with Crippen molar-refractivity contribution in [1.82, 2.24) is 0 Å². The number of ketones is 1. The van der Waals surface area contributed by atoms with Gasteiger partial charge in [-0.05, 0) is 67.1 Å². The number of fused-ring (bicyclic) bond motifs is 1. The van der Waals surface area contributed by atoms with Gasteiger partial charge < -0.3 is 15.7 Å². The number of carbonyl (C=O) groups excluding carboxylic acids is 1. The number of hydrogen-bond donors (Lipinski definition) is 3. The summed E-state index contributed by atoms with van der Waals surface area (Å²) >= 11 is 6.22. The summed E-state index contributed by atoms with van der Waals surface area (Å²) in [6, 6.07) is 8.69. The van der Waals surface area contributed by atoms with Gasteiger partial charge in [0.05, 0.1) is 17.4 Å². The molecule has 0 amide bonds. The van der Waals surface area contributed by atoms with Crippen LogP contribution >= 0.6 is 11.6 Å². The van der Waals surface area contributed by atoms with E-state index in [1.165, 1.54) is 5.56 Å². The molecule has 1 aliphatic carbocycles. The van der Waals surface area contributed by atoms with Gasteiger partial charge in [0, 0.05) is 28.3 Å². The minimum atomic E-state index is -0.465. The van der Waals surface area contributed by atoms with E-state index in [0.29, 0.717) is 22.6 Å². The van der Waals surface area contributed by atoms with Gasteiger partial charge in [0.2, 0.25) is 0 Å². The van der Waals surface area contributed by atoms with Crippen LogP contribution in [0.25, 0.3) is 0 Å². The Morgan fingerprint density at radius 1 is 1.07 bits per heavy atom. The predicted molar refractivity (Wildman–Crippen MR) is 114 cm³/mol. The van der Waals surface area contributed by atoms with E-state index in [0.717, 1.165) is 29.1 Å². The number of carbonyl (C=O) groups is 1. The van der Waals surface area contributed by atoms with Crippen molar-refractivity contribution >= 4 is 28.8 Å². The van der Waals surface area contributed by atoms with Gasteiger partial charge in [0.15, 0.2) is 5.78 Å². The Morgan fingerprint density at radius 3 is 2.46 bits per heavy atom. The van der Waals surface area contributed by atoms with E-state index < -0.39 is 6.04 Å². The molecule has 4 rings (SSSR count). The molecule has 2 aliphatic rings. The van der Waals surface area contributed by atoms with E-state index >= 15 is 0 Å². The lowest BCUT2D eigenvalue weighted by Gasteiger charge is -2.34. The first-order chi connectivity index (χ1) is 13.1. The van der Waals surface area contributed by atoms with Crippen molar-refractivity contribution in [2.45, 2.75) is 46.6 Å². The largest absolute Gasteiger partial charge is 0.508 e. The first-order valence-electron chi connectivity index (χ1n) is 9.54. The monoisotopic (exact) mass is 396 g/mol. The smallest absolute Gasteiger partial charge is 0.163 e. The molecule has 1 atom stereocenters. The summed E-state index contributed by atoms with van der Waals surface area (Å²) in [5.41, 5.74) is 6.30. The predicted octanol–water partition coefficient (Wildman–Crippen LogP) is 5.88. The molecule has 1 heterocycles. The van der Waals surface area contributed by atoms with Crippen LogP contribution in [0, 0.1) is 19.3 Å². The average molecular weight is 397 g/mol. The fourth-order valence-corrected chi connectivity index (χ4v) is 4.38. The van der Waals surface area contributed by atoms with Crippen molar-refractivity contribution < 1.29 is 9.90 Å². The quantitative estimate of drug-likeness (QED) is 0.562. The molecule has 0 saturated carbocycles. The summed E-state index contributed by atoms with van der Waals surface area (Å²) in [5, 5.41) is 18.1. The molecule has 146 valence electrons. The maximum Gasteiger partial charge on any atom is 0.163 e. The SMILES string of the molecule is Cc1cc2c(cc1C)N[C@H](c1cc(Cl)ccc1O)C1=C(CC(C)(C)CC1=O)N2. The van der Waals surface area contributed by atoms with Crippen molar-refractivity contribution in [1.29, 1.82) is 0 Å². The van der Waals surface area contributed by atoms with Gasteiger partial charge in [-0.1, -0.05) is 25.4 Å². The van der Waals surface area contributed by atoms with Crippen LogP contribution < -0.4 is 10.6 Å². The summed E-state index contributed by atoms with van der Waals surface area (Å²) in [6.45, 7) is 8.37. The maximum absolute atomic E-state index is 13.2. The van der Waals surface area contributed by atoms with Crippen LogP contribution in [0.15, 0.2) is 41.6 Å². The lowest BCUT2D eigenvalue weighted by molar-refractivity contribution is -0.118. The average Bonchev–Trinajstić information content (AvgIpc) is 2.73. The molecule has 2 aromatic rings. The van der Waals surface area contributed by atoms with E-state index in [1.807, 2.05) is 0 Å². The van der Waals surface area contributed by atoms with Crippen LogP contribution in [0.3, 0.4) is 0 Å². The highest BCUT2D eigenvalue weighted by Gasteiger charge is 2.39. The number of rotatable bonds is 1. The van der Waals surface area contributed by atoms with Crippen LogP contribution in [0.2, 0.25) is 5.02 Å². The Labute approximate surface area is 170 Å². The number of allylic oxidation sites excluding steroid dienone is 1. The molecular weight excluding hydrogens is 372 g/mol. The van der Waals surface area contributed by atoms with Crippen molar-refractivity contribution in [3.8, 4) is 5.75 Å².